The van der Waals surface area contributed by atoms with Gasteiger partial charge in [0.15, 0.2) is 5.82 Å². The van der Waals surface area contributed by atoms with E-state index in [0.29, 0.717) is 5.82 Å². The van der Waals surface area contributed by atoms with Crippen LogP contribution in [0.25, 0.3) is 45.0 Å². The number of aromatic nitrogens is 2. The summed E-state index contributed by atoms with van der Waals surface area (Å²) < 4.78 is 0. The summed E-state index contributed by atoms with van der Waals surface area (Å²) in [6, 6.07) is 57.7. The highest BCUT2D eigenvalue weighted by atomic mass is 15.2. The van der Waals surface area contributed by atoms with Crippen LogP contribution in [0.4, 0.5) is 17.1 Å². The van der Waals surface area contributed by atoms with Crippen molar-refractivity contribution in [3.05, 3.63) is 175 Å². The molecule has 1 aliphatic rings. The predicted molar refractivity (Wildman–Crippen MR) is 191 cm³/mol. The summed E-state index contributed by atoms with van der Waals surface area (Å²) in [5.41, 5.74) is 13.4. The van der Waals surface area contributed by atoms with Crippen LogP contribution in [0.3, 0.4) is 0 Å². The standard InChI is InChI=1S/C43H33N3/c1-43(2)36-17-9-11-19-40(36)46(41-20-12-10-18-37(41)43)35-27-25-33(26-28-35)39-29-38(32-15-7-4-8-16-32)44-42(45-39)34-23-21-31(22-24-34)30-13-5-3-6-14-30/h3-29H,1-2H3. The smallest absolute Gasteiger partial charge is 0.160 e. The fourth-order valence-electron chi connectivity index (χ4n) is 6.65. The van der Waals surface area contributed by atoms with Crippen LogP contribution in [0.5, 0.6) is 0 Å². The van der Waals surface area contributed by atoms with E-state index in [0.717, 1.165) is 33.8 Å². The highest BCUT2D eigenvalue weighted by molar-refractivity contribution is 5.86. The van der Waals surface area contributed by atoms with Gasteiger partial charge in [-0.1, -0.05) is 147 Å². The van der Waals surface area contributed by atoms with Crippen molar-refractivity contribution >= 4 is 17.1 Å². The molecule has 6 aromatic carbocycles. The van der Waals surface area contributed by atoms with Crippen LogP contribution >= 0.6 is 0 Å². The maximum Gasteiger partial charge on any atom is 0.160 e. The Labute approximate surface area is 270 Å². The van der Waals surface area contributed by atoms with E-state index in [9.17, 15) is 0 Å². The van der Waals surface area contributed by atoms with Crippen LogP contribution in [-0.2, 0) is 5.41 Å². The first-order valence-corrected chi connectivity index (χ1v) is 15.8. The number of hydrogen-bond acceptors (Lipinski definition) is 3. The minimum Gasteiger partial charge on any atom is -0.310 e. The molecule has 46 heavy (non-hydrogen) atoms. The molecule has 0 saturated carbocycles. The highest BCUT2D eigenvalue weighted by Gasteiger charge is 2.36. The first-order chi connectivity index (χ1) is 22.6. The lowest BCUT2D eigenvalue weighted by Crippen LogP contribution is -2.30. The molecule has 8 rings (SSSR count). The highest BCUT2D eigenvalue weighted by Crippen LogP contribution is 2.51. The van der Waals surface area contributed by atoms with Crippen molar-refractivity contribution in [1.29, 1.82) is 0 Å². The summed E-state index contributed by atoms with van der Waals surface area (Å²) >= 11 is 0. The number of anilines is 3. The zero-order valence-electron chi connectivity index (χ0n) is 25.9. The summed E-state index contributed by atoms with van der Waals surface area (Å²) in [6.45, 7) is 4.63. The number of rotatable bonds is 5. The molecule has 0 saturated heterocycles. The quantitative estimate of drug-likeness (QED) is 0.199. The van der Waals surface area contributed by atoms with Crippen LogP contribution in [0, 0.1) is 0 Å². The number of fused-ring (bicyclic) bond motifs is 2. The van der Waals surface area contributed by atoms with Gasteiger partial charge in [0, 0.05) is 27.8 Å². The van der Waals surface area contributed by atoms with Crippen molar-refractivity contribution in [3.63, 3.8) is 0 Å². The Kier molecular flexibility index (Phi) is 6.80. The molecule has 0 amide bonds. The molecule has 220 valence electrons. The molecular formula is C43H33N3. The van der Waals surface area contributed by atoms with Gasteiger partial charge in [0.2, 0.25) is 0 Å². The zero-order valence-corrected chi connectivity index (χ0v) is 25.9. The van der Waals surface area contributed by atoms with E-state index >= 15 is 0 Å². The Morgan fingerprint density at radius 1 is 0.413 bits per heavy atom. The molecule has 3 nitrogen and oxygen atoms in total. The van der Waals surface area contributed by atoms with E-state index < -0.39 is 0 Å². The number of hydrogen-bond donors (Lipinski definition) is 0. The van der Waals surface area contributed by atoms with E-state index in [4.69, 9.17) is 9.97 Å². The minimum atomic E-state index is -0.0892. The van der Waals surface area contributed by atoms with Gasteiger partial charge in [-0.05, 0) is 52.6 Å². The van der Waals surface area contributed by atoms with Crippen LogP contribution < -0.4 is 4.90 Å². The Balaban J connectivity index is 1.20. The largest absolute Gasteiger partial charge is 0.310 e. The van der Waals surface area contributed by atoms with E-state index in [1.165, 1.54) is 33.6 Å². The molecule has 0 unspecified atom stereocenters. The lowest BCUT2D eigenvalue weighted by molar-refractivity contribution is 0.632. The lowest BCUT2D eigenvalue weighted by atomic mass is 9.73. The number of benzene rings is 6. The maximum atomic E-state index is 5.11. The molecule has 7 aromatic rings. The van der Waals surface area contributed by atoms with Gasteiger partial charge in [0.05, 0.1) is 22.8 Å². The summed E-state index contributed by atoms with van der Waals surface area (Å²) in [5.74, 6) is 0.709. The zero-order chi connectivity index (χ0) is 31.1. The van der Waals surface area contributed by atoms with Crippen molar-refractivity contribution in [2.24, 2.45) is 0 Å². The third kappa shape index (κ3) is 4.87. The van der Waals surface area contributed by atoms with Crippen molar-refractivity contribution in [2.45, 2.75) is 19.3 Å². The minimum absolute atomic E-state index is 0.0892. The molecule has 0 radical (unpaired) electrons. The Morgan fingerprint density at radius 2 is 0.826 bits per heavy atom. The van der Waals surface area contributed by atoms with E-state index in [1.807, 2.05) is 12.1 Å². The second kappa shape index (κ2) is 11.3. The molecule has 1 aromatic heterocycles. The molecule has 0 atom stereocenters. The molecular weight excluding hydrogens is 558 g/mol. The summed E-state index contributed by atoms with van der Waals surface area (Å²) in [7, 11) is 0. The van der Waals surface area contributed by atoms with E-state index in [2.05, 4.69) is 170 Å². The van der Waals surface area contributed by atoms with Gasteiger partial charge < -0.3 is 4.90 Å². The summed E-state index contributed by atoms with van der Waals surface area (Å²) in [5, 5.41) is 0. The SMILES string of the molecule is CC1(C)c2ccccc2N(c2ccc(-c3cc(-c4ccccc4)nc(-c4ccc(-c5ccccc5)cc4)n3)cc2)c2ccccc21. The van der Waals surface area contributed by atoms with Crippen LogP contribution in [0.15, 0.2) is 164 Å². The van der Waals surface area contributed by atoms with Crippen LogP contribution in [0.2, 0.25) is 0 Å². The Hall–Kier alpha value is -5.80. The molecule has 0 bridgehead atoms. The maximum absolute atomic E-state index is 5.11. The van der Waals surface area contributed by atoms with E-state index in [1.54, 1.807) is 0 Å². The molecule has 1 aliphatic heterocycles. The lowest BCUT2D eigenvalue weighted by Gasteiger charge is -2.42. The van der Waals surface area contributed by atoms with Crippen molar-refractivity contribution in [2.75, 3.05) is 4.90 Å². The summed E-state index contributed by atoms with van der Waals surface area (Å²) in [4.78, 5) is 12.5. The third-order valence-electron chi connectivity index (χ3n) is 9.10. The fourth-order valence-corrected chi connectivity index (χ4v) is 6.65. The van der Waals surface area contributed by atoms with Crippen molar-refractivity contribution in [1.82, 2.24) is 9.97 Å². The van der Waals surface area contributed by atoms with E-state index in [-0.39, 0.29) is 5.41 Å². The first-order valence-electron chi connectivity index (χ1n) is 15.8. The van der Waals surface area contributed by atoms with Crippen molar-refractivity contribution < 1.29 is 0 Å². The van der Waals surface area contributed by atoms with Gasteiger partial charge >= 0.3 is 0 Å². The fraction of sp³-hybridized carbons (Fsp3) is 0.0698. The molecule has 0 N–H and O–H groups in total. The Morgan fingerprint density at radius 3 is 1.39 bits per heavy atom. The second-order valence-corrected chi connectivity index (χ2v) is 12.3. The van der Waals surface area contributed by atoms with Gasteiger partial charge in [-0.15, -0.1) is 0 Å². The average Bonchev–Trinajstić information content (AvgIpc) is 3.13. The molecule has 0 aliphatic carbocycles. The second-order valence-electron chi connectivity index (χ2n) is 12.3. The monoisotopic (exact) mass is 591 g/mol. The Bertz CT molecular complexity index is 2100. The first kappa shape index (κ1) is 27.7. The topological polar surface area (TPSA) is 29.0 Å². The molecule has 0 spiro atoms. The van der Waals surface area contributed by atoms with Crippen LogP contribution in [-0.4, -0.2) is 9.97 Å². The molecule has 0 fully saturated rings. The van der Waals surface area contributed by atoms with Gasteiger partial charge in [0.25, 0.3) is 0 Å². The average molecular weight is 592 g/mol. The van der Waals surface area contributed by atoms with Crippen molar-refractivity contribution in [3.8, 4) is 45.0 Å². The predicted octanol–water partition coefficient (Wildman–Crippen LogP) is 11.3. The molecule has 2 heterocycles. The normalized spacial score (nSPS) is 13.1. The molecule has 3 heteroatoms. The van der Waals surface area contributed by atoms with Gasteiger partial charge in [0.1, 0.15) is 0 Å². The van der Waals surface area contributed by atoms with Gasteiger partial charge in [-0.2, -0.15) is 0 Å². The number of nitrogens with zero attached hydrogens (tertiary/aromatic N) is 3. The third-order valence-corrected chi connectivity index (χ3v) is 9.10. The van der Waals surface area contributed by atoms with Gasteiger partial charge in [-0.3, -0.25) is 0 Å². The summed E-state index contributed by atoms with van der Waals surface area (Å²) in [6.07, 6.45) is 0. The number of para-hydroxylation sites is 2. The van der Waals surface area contributed by atoms with Gasteiger partial charge in [-0.25, -0.2) is 9.97 Å². The van der Waals surface area contributed by atoms with Crippen LogP contribution in [0.1, 0.15) is 25.0 Å².